The number of hydrogen-bond donors (Lipinski definition) is 0. The molecule has 2 heteroatoms. The molecule has 0 aromatic heterocycles. The van der Waals surface area contributed by atoms with Gasteiger partial charge in [0.2, 0.25) is 0 Å². The van der Waals surface area contributed by atoms with Crippen LogP contribution >= 0.6 is 0 Å². The van der Waals surface area contributed by atoms with Crippen molar-refractivity contribution < 1.29 is 0 Å². The van der Waals surface area contributed by atoms with Gasteiger partial charge in [-0.1, -0.05) is 109 Å². The summed E-state index contributed by atoms with van der Waals surface area (Å²) in [7, 11) is 8.35. The van der Waals surface area contributed by atoms with E-state index in [4.69, 9.17) is 0 Å². The first-order valence-electron chi connectivity index (χ1n) is 13.8. The van der Waals surface area contributed by atoms with Crippen LogP contribution in [0.15, 0.2) is 133 Å². The van der Waals surface area contributed by atoms with Crippen molar-refractivity contribution in [2.45, 2.75) is 0 Å². The number of hydrogen-bond acceptors (Lipinski definition) is 2. The van der Waals surface area contributed by atoms with E-state index in [9.17, 15) is 0 Å². The van der Waals surface area contributed by atoms with Gasteiger partial charge in [-0.15, -0.1) is 0 Å². The zero-order chi connectivity index (χ0) is 27.6. The molecule has 40 heavy (non-hydrogen) atoms. The Hall–Kier alpha value is -4.82. The van der Waals surface area contributed by atoms with Crippen molar-refractivity contribution in [2.75, 3.05) is 38.0 Å². The summed E-state index contributed by atoms with van der Waals surface area (Å²) in [6.45, 7) is 0. The zero-order valence-electron chi connectivity index (χ0n) is 23.6. The van der Waals surface area contributed by atoms with E-state index in [0.717, 1.165) is 0 Å². The van der Waals surface area contributed by atoms with Crippen molar-refractivity contribution in [3.8, 4) is 22.3 Å². The first-order chi connectivity index (χ1) is 19.5. The molecule has 0 saturated carbocycles. The Bertz CT molecular complexity index is 1590. The molecule has 0 amide bonds. The molecule has 6 rings (SSSR count). The molecule has 0 aliphatic heterocycles. The molecule has 2 nitrogen and oxygen atoms in total. The summed E-state index contributed by atoms with van der Waals surface area (Å²) in [5.41, 5.74) is 14.7. The molecule has 196 valence electrons. The molecular formula is C38H34N2. The van der Waals surface area contributed by atoms with Crippen LogP contribution in [0.3, 0.4) is 0 Å². The van der Waals surface area contributed by atoms with Crippen LogP contribution in [0.1, 0.15) is 22.3 Å². The molecule has 0 atom stereocenters. The van der Waals surface area contributed by atoms with Crippen molar-refractivity contribution >= 4 is 22.5 Å². The number of nitrogens with zero attached hydrogens (tertiary/aromatic N) is 2. The molecule has 0 heterocycles. The van der Waals surface area contributed by atoms with Gasteiger partial charge in [-0.2, -0.15) is 0 Å². The minimum absolute atomic E-state index is 1.18. The Kier molecular flexibility index (Phi) is 6.84. The quantitative estimate of drug-likeness (QED) is 0.203. The molecule has 0 radical (unpaired) electrons. The van der Waals surface area contributed by atoms with Gasteiger partial charge >= 0.3 is 0 Å². The van der Waals surface area contributed by atoms with Gasteiger partial charge < -0.3 is 9.80 Å². The maximum absolute atomic E-state index is 2.29. The number of benzene rings is 2. The molecule has 2 aromatic rings. The second kappa shape index (κ2) is 10.7. The molecular weight excluding hydrogens is 484 g/mol. The largest absolute Gasteiger partial charge is 0.378 e. The second-order valence-electron chi connectivity index (χ2n) is 10.7. The summed E-state index contributed by atoms with van der Waals surface area (Å²) in [6.07, 6.45) is 0. The van der Waals surface area contributed by atoms with Crippen LogP contribution in [0.2, 0.25) is 0 Å². The lowest BCUT2D eigenvalue weighted by atomic mass is 9.84. The standard InChI is InChI=1S/C38H34N2/c1-39(2)31-21-15-29(16-22-31)37(35-25-19-27-11-7-5-9-13-33(27)35)38(30-17-23-32(24-18-30)40(3)4)36-26-20-28-12-8-6-10-14-34(28)36/h5-26H,1-4H3/b38-37-. The Morgan fingerprint density at radius 3 is 1.12 bits per heavy atom. The summed E-state index contributed by atoms with van der Waals surface area (Å²) < 4.78 is 0. The van der Waals surface area contributed by atoms with Crippen molar-refractivity contribution in [1.29, 1.82) is 0 Å². The highest BCUT2D eigenvalue weighted by Gasteiger charge is 2.23. The summed E-state index contributed by atoms with van der Waals surface area (Å²) in [4.78, 5) is 4.30. The highest BCUT2D eigenvalue weighted by Crippen LogP contribution is 2.45. The van der Waals surface area contributed by atoms with E-state index < -0.39 is 0 Å². The molecule has 2 aromatic carbocycles. The molecule has 0 fully saturated rings. The third-order valence-corrected chi connectivity index (χ3v) is 7.72. The lowest BCUT2D eigenvalue weighted by Gasteiger charge is -2.21. The van der Waals surface area contributed by atoms with Crippen molar-refractivity contribution in [2.24, 2.45) is 0 Å². The fourth-order valence-corrected chi connectivity index (χ4v) is 5.59. The van der Waals surface area contributed by atoms with Gasteiger partial charge in [0, 0.05) is 39.6 Å². The Balaban J connectivity index is 1.72. The summed E-state index contributed by atoms with van der Waals surface area (Å²) >= 11 is 0. The normalized spacial score (nSPS) is 11.9. The van der Waals surface area contributed by atoms with E-state index in [1.807, 2.05) is 0 Å². The average molecular weight is 519 g/mol. The van der Waals surface area contributed by atoms with Crippen molar-refractivity contribution in [1.82, 2.24) is 0 Å². The fraction of sp³-hybridized carbons (Fsp3) is 0.105. The maximum atomic E-state index is 2.29. The molecule has 4 aliphatic carbocycles. The zero-order valence-corrected chi connectivity index (χ0v) is 23.6. The highest BCUT2D eigenvalue weighted by molar-refractivity contribution is 6.10. The van der Waals surface area contributed by atoms with Gasteiger partial charge in [0.05, 0.1) is 0 Å². The Morgan fingerprint density at radius 1 is 0.375 bits per heavy atom. The van der Waals surface area contributed by atoms with Gasteiger partial charge in [-0.25, -0.2) is 0 Å². The van der Waals surface area contributed by atoms with Gasteiger partial charge in [-0.05, 0) is 79.9 Å². The molecule has 0 saturated heterocycles. The van der Waals surface area contributed by atoms with E-state index >= 15 is 0 Å². The lowest BCUT2D eigenvalue weighted by Crippen LogP contribution is -2.08. The first kappa shape index (κ1) is 25.5. The van der Waals surface area contributed by atoms with E-state index in [1.165, 1.54) is 67.0 Å². The molecule has 0 spiro atoms. The van der Waals surface area contributed by atoms with Crippen LogP contribution < -0.4 is 9.80 Å². The summed E-state index contributed by atoms with van der Waals surface area (Å²) in [5.74, 6) is 0. The van der Waals surface area contributed by atoms with Crippen molar-refractivity contribution in [3.63, 3.8) is 0 Å². The van der Waals surface area contributed by atoms with Gasteiger partial charge in [0.25, 0.3) is 0 Å². The van der Waals surface area contributed by atoms with E-state index in [2.05, 4.69) is 171 Å². The summed E-state index contributed by atoms with van der Waals surface area (Å²) in [5, 5.41) is 0. The number of anilines is 2. The number of rotatable bonds is 6. The molecule has 0 N–H and O–H groups in total. The maximum Gasteiger partial charge on any atom is 0.0361 e. The fourth-order valence-electron chi connectivity index (χ4n) is 5.59. The predicted molar refractivity (Wildman–Crippen MR) is 173 cm³/mol. The van der Waals surface area contributed by atoms with Crippen LogP contribution in [0.4, 0.5) is 11.4 Å². The third-order valence-electron chi connectivity index (χ3n) is 7.72. The highest BCUT2D eigenvalue weighted by atomic mass is 15.1. The van der Waals surface area contributed by atoms with Crippen LogP contribution in [0.25, 0.3) is 33.4 Å². The Labute approximate surface area is 238 Å². The minimum atomic E-state index is 1.18. The smallest absolute Gasteiger partial charge is 0.0361 e. The van der Waals surface area contributed by atoms with Gasteiger partial charge in [0.15, 0.2) is 0 Å². The topological polar surface area (TPSA) is 6.48 Å². The average Bonchev–Trinajstić information content (AvgIpc) is 3.35. The number of fused-ring (bicyclic) bond motifs is 2. The van der Waals surface area contributed by atoms with E-state index in [0.29, 0.717) is 0 Å². The predicted octanol–water partition coefficient (Wildman–Crippen LogP) is 9.04. The molecule has 0 bridgehead atoms. The van der Waals surface area contributed by atoms with Crippen LogP contribution in [0.5, 0.6) is 0 Å². The van der Waals surface area contributed by atoms with Crippen LogP contribution in [-0.2, 0) is 0 Å². The second-order valence-corrected chi connectivity index (χ2v) is 10.7. The monoisotopic (exact) mass is 518 g/mol. The first-order valence-corrected chi connectivity index (χ1v) is 13.8. The third kappa shape index (κ3) is 4.74. The van der Waals surface area contributed by atoms with Crippen molar-refractivity contribution in [3.05, 3.63) is 156 Å². The minimum Gasteiger partial charge on any atom is -0.378 e. The van der Waals surface area contributed by atoms with Crippen LogP contribution in [0, 0.1) is 0 Å². The molecule has 4 aliphatic rings. The molecule has 0 unspecified atom stereocenters. The van der Waals surface area contributed by atoms with Gasteiger partial charge in [0.1, 0.15) is 0 Å². The SMILES string of the molecule is CN(C)c1ccc(/C(=C(\c2ccc(N(C)C)cc2)c2ccc3cccccc2-3)c2ccc3cccccc2-3)cc1. The summed E-state index contributed by atoms with van der Waals surface area (Å²) in [6, 6.07) is 48.6. The van der Waals surface area contributed by atoms with Crippen LogP contribution in [-0.4, -0.2) is 28.2 Å². The van der Waals surface area contributed by atoms with E-state index in [1.54, 1.807) is 0 Å². The lowest BCUT2D eigenvalue weighted by molar-refractivity contribution is 1.13. The van der Waals surface area contributed by atoms with Gasteiger partial charge in [-0.3, -0.25) is 0 Å². The van der Waals surface area contributed by atoms with E-state index in [-0.39, 0.29) is 0 Å². The Morgan fingerprint density at radius 2 is 0.750 bits per heavy atom.